The topological polar surface area (TPSA) is 59.8 Å². The van der Waals surface area contributed by atoms with E-state index < -0.39 is 0 Å². The molecule has 3 rings (SSSR count). The molecule has 1 N–H and O–H groups in total. The van der Waals surface area contributed by atoms with Gasteiger partial charge in [0.15, 0.2) is 0 Å². The van der Waals surface area contributed by atoms with E-state index in [0.29, 0.717) is 5.69 Å². The molecule has 0 bridgehead atoms. The Morgan fingerprint density at radius 2 is 2.05 bits per heavy atom. The van der Waals surface area contributed by atoms with Gasteiger partial charge in [-0.3, -0.25) is 4.79 Å². The Bertz CT molecular complexity index is 828. The van der Waals surface area contributed by atoms with E-state index in [4.69, 9.17) is 11.6 Å². The van der Waals surface area contributed by atoms with Crippen LogP contribution in [-0.4, -0.2) is 20.4 Å². The van der Waals surface area contributed by atoms with Crippen LogP contribution in [0.1, 0.15) is 10.5 Å². The number of pyridine rings is 1. The highest BCUT2D eigenvalue weighted by molar-refractivity contribution is 6.29. The molecule has 0 saturated heterocycles. The number of nitrogens with one attached hydrogen (secondary N) is 1. The zero-order valence-electron chi connectivity index (χ0n) is 11.8. The van der Waals surface area contributed by atoms with Crippen molar-refractivity contribution in [1.29, 1.82) is 0 Å². The van der Waals surface area contributed by atoms with Crippen molar-refractivity contribution in [3.63, 3.8) is 0 Å². The van der Waals surface area contributed by atoms with Crippen molar-refractivity contribution in [1.82, 2.24) is 14.5 Å². The van der Waals surface area contributed by atoms with Crippen LogP contribution in [0.2, 0.25) is 5.15 Å². The maximum absolute atomic E-state index is 12.2. The zero-order valence-corrected chi connectivity index (χ0v) is 12.6. The van der Waals surface area contributed by atoms with Gasteiger partial charge in [-0.2, -0.15) is 0 Å². The lowest BCUT2D eigenvalue weighted by Gasteiger charge is -2.07. The molecule has 22 heavy (non-hydrogen) atoms. The second-order valence-corrected chi connectivity index (χ2v) is 5.13. The maximum atomic E-state index is 12.2. The number of amides is 1. The fourth-order valence-electron chi connectivity index (χ4n) is 2.11. The minimum Gasteiger partial charge on any atom is -0.334 e. The molecule has 0 aliphatic heterocycles. The van der Waals surface area contributed by atoms with Gasteiger partial charge in [0.2, 0.25) is 0 Å². The van der Waals surface area contributed by atoms with E-state index in [1.807, 2.05) is 42.1 Å². The summed E-state index contributed by atoms with van der Waals surface area (Å²) in [7, 11) is 1.92. The van der Waals surface area contributed by atoms with E-state index in [2.05, 4.69) is 15.3 Å². The molecule has 0 unspecified atom stereocenters. The van der Waals surface area contributed by atoms with E-state index in [9.17, 15) is 4.79 Å². The molecule has 3 aromatic rings. The van der Waals surface area contributed by atoms with Crippen LogP contribution in [0.4, 0.5) is 5.69 Å². The monoisotopic (exact) mass is 312 g/mol. The lowest BCUT2D eigenvalue weighted by Crippen LogP contribution is -2.13. The summed E-state index contributed by atoms with van der Waals surface area (Å²) in [6.07, 6.45) is 3.60. The second kappa shape index (κ2) is 5.99. The van der Waals surface area contributed by atoms with E-state index in [-0.39, 0.29) is 16.8 Å². The van der Waals surface area contributed by atoms with Gasteiger partial charge in [-0.05, 0) is 24.3 Å². The number of anilines is 1. The average Bonchev–Trinajstić information content (AvgIpc) is 2.94. The fraction of sp³-hybridized carbons (Fsp3) is 0.0625. The average molecular weight is 313 g/mol. The summed E-state index contributed by atoms with van der Waals surface area (Å²) < 4.78 is 1.92. The highest BCUT2D eigenvalue weighted by Gasteiger charge is 2.09. The predicted molar refractivity (Wildman–Crippen MR) is 85.8 cm³/mol. The molecule has 2 aromatic heterocycles. The number of aromatic nitrogens is 3. The third-order valence-electron chi connectivity index (χ3n) is 3.15. The minimum absolute atomic E-state index is 0.273. The number of carbonyl (C=O) groups is 1. The van der Waals surface area contributed by atoms with Gasteiger partial charge in [0.05, 0.1) is 0 Å². The van der Waals surface area contributed by atoms with Crippen LogP contribution in [0.5, 0.6) is 0 Å². The highest BCUT2D eigenvalue weighted by atomic mass is 35.5. The summed E-state index contributed by atoms with van der Waals surface area (Å²) in [5, 5.41) is 3.10. The SMILES string of the molecule is Cn1ccnc1-c1cccc(NC(=O)c2cccc(Cl)n2)c1. The minimum atomic E-state index is -0.306. The Kier molecular flexibility index (Phi) is 3.89. The molecule has 0 aliphatic carbocycles. The molecule has 0 aliphatic rings. The molecular weight excluding hydrogens is 300 g/mol. The summed E-state index contributed by atoms with van der Waals surface area (Å²) in [6.45, 7) is 0. The van der Waals surface area contributed by atoms with Crippen LogP contribution in [0.3, 0.4) is 0 Å². The van der Waals surface area contributed by atoms with Crippen molar-refractivity contribution in [3.8, 4) is 11.4 Å². The zero-order chi connectivity index (χ0) is 15.5. The molecular formula is C16H13ClN4O. The van der Waals surface area contributed by atoms with Gasteiger partial charge in [-0.1, -0.05) is 29.8 Å². The van der Waals surface area contributed by atoms with E-state index in [1.165, 1.54) is 0 Å². The Morgan fingerprint density at radius 3 is 2.77 bits per heavy atom. The number of hydrogen-bond donors (Lipinski definition) is 1. The molecule has 0 spiro atoms. The molecule has 0 atom stereocenters. The van der Waals surface area contributed by atoms with Crippen molar-refractivity contribution in [3.05, 3.63) is 65.7 Å². The van der Waals surface area contributed by atoms with Crippen LogP contribution in [0, 0.1) is 0 Å². The molecule has 0 saturated carbocycles. The first-order chi connectivity index (χ1) is 10.6. The van der Waals surface area contributed by atoms with Crippen LogP contribution in [-0.2, 0) is 7.05 Å². The lowest BCUT2D eigenvalue weighted by molar-refractivity contribution is 0.102. The Morgan fingerprint density at radius 1 is 1.23 bits per heavy atom. The van der Waals surface area contributed by atoms with Crippen molar-refractivity contribution in [2.45, 2.75) is 0 Å². The van der Waals surface area contributed by atoms with Gasteiger partial charge in [-0.15, -0.1) is 0 Å². The summed E-state index contributed by atoms with van der Waals surface area (Å²) in [4.78, 5) is 20.5. The van der Waals surface area contributed by atoms with Crippen LogP contribution in [0.15, 0.2) is 54.9 Å². The molecule has 110 valence electrons. The van der Waals surface area contributed by atoms with Gasteiger partial charge in [0.25, 0.3) is 5.91 Å². The number of imidazole rings is 1. The summed E-state index contributed by atoms with van der Waals surface area (Å²) in [5.74, 6) is 0.525. The molecule has 1 amide bonds. The number of halogens is 1. The van der Waals surface area contributed by atoms with E-state index >= 15 is 0 Å². The van der Waals surface area contributed by atoms with Gasteiger partial charge >= 0.3 is 0 Å². The lowest BCUT2D eigenvalue weighted by atomic mass is 10.2. The van der Waals surface area contributed by atoms with Gasteiger partial charge in [-0.25, -0.2) is 9.97 Å². The van der Waals surface area contributed by atoms with E-state index in [0.717, 1.165) is 11.4 Å². The fourth-order valence-corrected chi connectivity index (χ4v) is 2.27. The van der Waals surface area contributed by atoms with Crippen LogP contribution in [0.25, 0.3) is 11.4 Å². The van der Waals surface area contributed by atoms with Crippen molar-refractivity contribution in [2.75, 3.05) is 5.32 Å². The largest absolute Gasteiger partial charge is 0.334 e. The van der Waals surface area contributed by atoms with Crippen molar-refractivity contribution in [2.24, 2.45) is 7.05 Å². The number of rotatable bonds is 3. The van der Waals surface area contributed by atoms with Crippen molar-refractivity contribution < 1.29 is 4.79 Å². The second-order valence-electron chi connectivity index (χ2n) is 4.74. The summed E-state index contributed by atoms with van der Waals surface area (Å²) in [6, 6.07) is 12.4. The standard InChI is InChI=1S/C16H13ClN4O/c1-21-9-8-18-15(21)11-4-2-5-12(10-11)19-16(22)13-6-3-7-14(17)20-13/h2-10H,1H3,(H,19,22). The number of benzene rings is 1. The first-order valence-corrected chi connectivity index (χ1v) is 7.03. The Hall–Kier alpha value is -2.66. The number of aryl methyl sites for hydroxylation is 1. The molecule has 2 heterocycles. The third kappa shape index (κ3) is 2.99. The molecule has 0 fully saturated rings. The summed E-state index contributed by atoms with van der Waals surface area (Å²) in [5.41, 5.74) is 1.87. The van der Waals surface area contributed by atoms with Gasteiger partial charge in [0, 0.05) is 30.7 Å². The number of carbonyl (C=O) groups excluding carboxylic acids is 1. The van der Waals surface area contributed by atoms with Crippen LogP contribution >= 0.6 is 11.6 Å². The number of nitrogens with zero attached hydrogens (tertiary/aromatic N) is 3. The Labute approximate surface area is 132 Å². The molecule has 6 heteroatoms. The normalized spacial score (nSPS) is 10.5. The van der Waals surface area contributed by atoms with Crippen molar-refractivity contribution >= 4 is 23.2 Å². The molecule has 1 aromatic carbocycles. The maximum Gasteiger partial charge on any atom is 0.274 e. The first-order valence-electron chi connectivity index (χ1n) is 6.65. The first kappa shape index (κ1) is 14.3. The van der Waals surface area contributed by atoms with Gasteiger partial charge < -0.3 is 9.88 Å². The number of hydrogen-bond acceptors (Lipinski definition) is 3. The Balaban J connectivity index is 1.84. The quantitative estimate of drug-likeness (QED) is 0.754. The van der Waals surface area contributed by atoms with Gasteiger partial charge in [0.1, 0.15) is 16.7 Å². The summed E-state index contributed by atoms with van der Waals surface area (Å²) >= 11 is 5.80. The molecule has 5 nitrogen and oxygen atoms in total. The van der Waals surface area contributed by atoms with E-state index in [1.54, 1.807) is 24.4 Å². The van der Waals surface area contributed by atoms with Crippen LogP contribution < -0.4 is 5.32 Å². The smallest absolute Gasteiger partial charge is 0.274 e. The molecule has 0 radical (unpaired) electrons. The highest BCUT2D eigenvalue weighted by Crippen LogP contribution is 2.21. The third-order valence-corrected chi connectivity index (χ3v) is 3.36. The predicted octanol–water partition coefficient (Wildman–Crippen LogP) is 3.39.